The summed E-state index contributed by atoms with van der Waals surface area (Å²) in [5.74, 6) is 0. The predicted octanol–water partition coefficient (Wildman–Crippen LogP) is 6.99. The van der Waals surface area contributed by atoms with E-state index in [0.29, 0.717) is 0 Å². The van der Waals surface area contributed by atoms with Crippen molar-refractivity contribution in [3.63, 3.8) is 0 Å². The summed E-state index contributed by atoms with van der Waals surface area (Å²) in [4.78, 5) is 0. The number of benzene rings is 3. The Morgan fingerprint density at radius 2 is 1.42 bits per heavy atom. The van der Waals surface area contributed by atoms with Gasteiger partial charge in [-0.1, -0.05) is 90.3 Å². The van der Waals surface area contributed by atoms with Gasteiger partial charge in [-0.15, -0.1) is 11.6 Å². The van der Waals surface area contributed by atoms with Crippen molar-refractivity contribution >= 4 is 28.5 Å². The van der Waals surface area contributed by atoms with Gasteiger partial charge in [0.1, 0.15) is 0 Å². The van der Waals surface area contributed by atoms with E-state index in [0.717, 1.165) is 0 Å². The Morgan fingerprint density at radius 1 is 0.667 bits per heavy atom. The second kappa shape index (κ2) is 10.7. The summed E-state index contributed by atoms with van der Waals surface area (Å²) in [5.41, 5.74) is 6.17. The van der Waals surface area contributed by atoms with E-state index in [1.165, 1.54) is 49.4 Å². The third kappa shape index (κ3) is 4.57. The summed E-state index contributed by atoms with van der Waals surface area (Å²) in [6.45, 7) is 0. The molecule has 36 heavy (non-hydrogen) atoms. The van der Waals surface area contributed by atoms with Crippen molar-refractivity contribution in [1.29, 1.82) is 0 Å². The second-order valence-electron chi connectivity index (χ2n) is 8.64. The molecule has 174 valence electrons. The van der Waals surface area contributed by atoms with Crippen LogP contribution in [0, 0.1) is 6.42 Å². The van der Waals surface area contributed by atoms with Gasteiger partial charge >= 0.3 is 17.1 Å². The minimum absolute atomic E-state index is 0. The van der Waals surface area contributed by atoms with Gasteiger partial charge in [0.15, 0.2) is 0 Å². The van der Waals surface area contributed by atoms with Crippen molar-refractivity contribution in [1.82, 2.24) is 4.57 Å². The molecule has 0 bridgehead atoms. The normalized spacial score (nSPS) is 12.8. The number of allylic oxidation sites excluding steroid dienone is 5. The monoisotopic (exact) mass is 504 g/mol. The Labute approximate surface area is 222 Å². The van der Waals surface area contributed by atoms with Crippen LogP contribution in [-0.2, 0) is 17.1 Å². The van der Waals surface area contributed by atoms with Gasteiger partial charge in [-0.3, -0.25) is 0 Å². The number of aromatic nitrogens is 1. The molecule has 0 atom stereocenters. The molecule has 1 heterocycles. The van der Waals surface area contributed by atoms with Gasteiger partial charge in [0.2, 0.25) is 0 Å². The van der Waals surface area contributed by atoms with Crippen LogP contribution in [0.3, 0.4) is 0 Å². The van der Waals surface area contributed by atoms with Gasteiger partial charge in [0.05, 0.1) is 0 Å². The fraction of sp³-hybridized carbons (Fsp3) is 0. The molecule has 2 aliphatic rings. The number of rotatable bonds is 2. The third-order valence-corrected chi connectivity index (χ3v) is 6.41. The maximum Gasteiger partial charge on any atom is 2.00 e. The molecule has 7 rings (SSSR count). The summed E-state index contributed by atoms with van der Waals surface area (Å²) in [5, 5.41) is 4.95. The summed E-state index contributed by atoms with van der Waals surface area (Å²) in [6.07, 6.45) is 17.2. The summed E-state index contributed by atoms with van der Waals surface area (Å²) < 4.78 is 2.42. The summed E-state index contributed by atoms with van der Waals surface area (Å²) in [7, 11) is 0. The Hall–Kier alpha value is -4.10. The van der Waals surface area contributed by atoms with E-state index in [1.54, 1.807) is 0 Å². The van der Waals surface area contributed by atoms with E-state index in [1.807, 2.05) is 30.3 Å². The van der Waals surface area contributed by atoms with Gasteiger partial charge in [0.25, 0.3) is 0 Å². The van der Waals surface area contributed by atoms with Crippen LogP contribution >= 0.6 is 0 Å². The molecule has 4 aromatic carbocycles. The second-order valence-corrected chi connectivity index (χ2v) is 8.64. The Balaban J connectivity index is 0.000000400. The van der Waals surface area contributed by atoms with Gasteiger partial charge in [-0.25, -0.2) is 12.1 Å². The van der Waals surface area contributed by atoms with Crippen LogP contribution in [0.1, 0.15) is 5.56 Å². The molecule has 0 radical (unpaired) electrons. The van der Waals surface area contributed by atoms with Crippen molar-refractivity contribution in [2.75, 3.05) is 0 Å². The van der Waals surface area contributed by atoms with Crippen LogP contribution in [0.25, 0.3) is 45.3 Å². The molecular formula is C34H25FeN. The zero-order valence-electron chi connectivity index (χ0n) is 19.7. The average molecular weight is 504 g/mol. The Kier molecular flexibility index (Phi) is 7.00. The first-order valence-electron chi connectivity index (χ1n) is 12.0. The van der Waals surface area contributed by atoms with Crippen molar-refractivity contribution in [2.45, 2.75) is 0 Å². The summed E-state index contributed by atoms with van der Waals surface area (Å²) >= 11 is 0. The van der Waals surface area contributed by atoms with Crippen LogP contribution in [0.15, 0.2) is 134 Å². The fourth-order valence-corrected chi connectivity index (χ4v) is 4.76. The first-order valence-corrected chi connectivity index (χ1v) is 12.0. The smallest absolute Gasteiger partial charge is 0.364 e. The topological polar surface area (TPSA) is 4.93 Å². The van der Waals surface area contributed by atoms with Crippen LogP contribution in [0.5, 0.6) is 0 Å². The van der Waals surface area contributed by atoms with Crippen LogP contribution < -0.4 is 10.7 Å². The van der Waals surface area contributed by atoms with Gasteiger partial charge < -0.3 is 4.57 Å². The zero-order chi connectivity index (χ0) is 23.5. The van der Waals surface area contributed by atoms with Crippen molar-refractivity contribution in [3.8, 4) is 16.8 Å². The maximum atomic E-state index is 2.42. The number of fused-ring (bicyclic) bond motifs is 2. The Bertz CT molecular complexity index is 1660. The average Bonchev–Trinajstić information content (AvgIpc) is 3.71. The van der Waals surface area contributed by atoms with Gasteiger partial charge in [-0.05, 0) is 34.2 Å². The minimum atomic E-state index is 0. The third-order valence-electron chi connectivity index (χ3n) is 6.41. The van der Waals surface area contributed by atoms with Gasteiger partial charge in [-0.2, -0.15) is 36.8 Å². The largest absolute Gasteiger partial charge is 2.00 e. The molecule has 0 aliphatic heterocycles. The minimum Gasteiger partial charge on any atom is -0.364 e. The molecule has 0 saturated carbocycles. The van der Waals surface area contributed by atoms with E-state index in [4.69, 9.17) is 0 Å². The van der Waals surface area contributed by atoms with Crippen molar-refractivity contribution in [2.24, 2.45) is 0 Å². The Morgan fingerprint density at radius 3 is 2.17 bits per heavy atom. The number of hydrogen-bond donors (Lipinski definition) is 0. The van der Waals surface area contributed by atoms with E-state index in [9.17, 15) is 0 Å². The predicted molar refractivity (Wildman–Crippen MR) is 149 cm³/mol. The van der Waals surface area contributed by atoms with E-state index in [2.05, 4.69) is 126 Å². The molecule has 2 aliphatic carbocycles. The fourth-order valence-electron chi connectivity index (χ4n) is 4.76. The molecular weight excluding hydrogens is 479 g/mol. The van der Waals surface area contributed by atoms with Crippen LogP contribution in [0.4, 0.5) is 0 Å². The van der Waals surface area contributed by atoms with Crippen LogP contribution in [0.2, 0.25) is 0 Å². The van der Waals surface area contributed by atoms with Crippen molar-refractivity contribution < 1.29 is 17.1 Å². The standard InChI is InChI=1S/C29H20N.C5H5.Fe/c1-2-10-21(11-3-1)25-18-23-14-6-8-16-26(23)29(20-25)30-27-17-9-7-15-24(27)19-28(30)22-12-4-5-13-22;1-2-4-5-3-1;/h1-20H;1-5H;/q2*-1;+2/i28+1;;. The first-order chi connectivity index (χ1) is 17.4. The van der Waals surface area contributed by atoms with E-state index >= 15 is 0 Å². The number of nitrogens with zero attached hydrogens (tertiary/aromatic N) is 1. The molecule has 2 heteroatoms. The summed E-state index contributed by atoms with van der Waals surface area (Å²) in [6, 6.07) is 36.2. The number of hydrogen-bond acceptors (Lipinski definition) is 0. The first kappa shape index (κ1) is 23.6. The quantitative estimate of drug-likeness (QED) is 0.180. The molecule has 0 fully saturated rings. The molecule has 0 spiro atoms. The zero-order valence-corrected chi connectivity index (χ0v) is 20.8. The van der Waals surface area contributed by atoms with E-state index < -0.39 is 0 Å². The molecule has 1 nitrogen and oxygen atoms in total. The molecule has 0 N–H and O–H groups in total. The van der Waals surface area contributed by atoms with Crippen LogP contribution in [-0.4, -0.2) is 4.57 Å². The SMILES string of the molecule is C1=CC(=[13c]2cc3c(n2-c2cc(-c4ccccc4)cc4ccccc24)=C[CH-]C=C3)C=C1.[Fe+2].c1cc[cH-]c1. The molecule has 1 aromatic heterocycles. The maximum absolute atomic E-state index is 2.42. The molecule has 5 aromatic rings. The van der Waals surface area contributed by atoms with E-state index in [-0.39, 0.29) is 17.1 Å². The van der Waals surface area contributed by atoms with Crippen molar-refractivity contribution in [3.05, 3.63) is 156 Å². The molecule has 0 saturated heterocycles. The molecule has 0 amide bonds. The molecule has 0 unspecified atom stereocenters. The van der Waals surface area contributed by atoms with Gasteiger partial charge in [0, 0.05) is 16.4 Å².